The number of hydrogen-bond acceptors (Lipinski definition) is 4. The van der Waals surface area contributed by atoms with Gasteiger partial charge in [-0.25, -0.2) is 8.42 Å². The highest BCUT2D eigenvalue weighted by molar-refractivity contribution is 7.89. The molecule has 0 saturated carbocycles. The van der Waals surface area contributed by atoms with Crippen molar-refractivity contribution >= 4 is 32.6 Å². The Balaban J connectivity index is 1.61. The lowest BCUT2D eigenvalue weighted by Gasteiger charge is -2.26. The first-order chi connectivity index (χ1) is 13.9. The number of anilines is 1. The number of piperidine rings is 1. The Bertz CT molecular complexity index is 1170. The average Bonchev–Trinajstić information content (AvgIpc) is 3.07. The molecule has 0 radical (unpaired) electrons. The molecule has 1 fully saturated rings. The van der Waals surface area contributed by atoms with Gasteiger partial charge in [-0.2, -0.15) is 4.31 Å². The van der Waals surface area contributed by atoms with Crippen molar-refractivity contribution in [2.75, 3.05) is 18.4 Å². The van der Waals surface area contributed by atoms with E-state index < -0.39 is 15.9 Å². The molecule has 1 N–H and O–H groups in total. The van der Waals surface area contributed by atoms with E-state index in [1.54, 1.807) is 18.2 Å². The number of nitrogens with zero attached hydrogens (tertiary/aromatic N) is 1. The zero-order valence-electron chi connectivity index (χ0n) is 16.6. The summed E-state index contributed by atoms with van der Waals surface area (Å²) in [4.78, 5) is 13.0. The molecular weight excluding hydrogens is 388 g/mol. The number of rotatable bonds is 4. The van der Waals surface area contributed by atoms with Gasteiger partial charge in [0.1, 0.15) is 5.58 Å². The fourth-order valence-electron chi connectivity index (χ4n) is 3.78. The number of benzene rings is 2. The second-order valence-corrected chi connectivity index (χ2v) is 9.39. The minimum absolute atomic E-state index is 0.189. The number of para-hydroxylation sites is 1. The molecule has 1 aliphatic rings. The molecule has 4 rings (SSSR count). The second kappa shape index (κ2) is 7.65. The summed E-state index contributed by atoms with van der Waals surface area (Å²) < 4.78 is 33.1. The third-order valence-electron chi connectivity index (χ3n) is 5.41. The fourth-order valence-corrected chi connectivity index (χ4v) is 5.34. The third kappa shape index (κ3) is 3.68. The maximum atomic E-state index is 12.9. The van der Waals surface area contributed by atoms with E-state index in [1.807, 2.05) is 32.0 Å². The number of hydrogen-bond donors (Lipinski definition) is 1. The molecule has 0 atom stereocenters. The number of aryl methyl sites for hydroxylation is 2. The van der Waals surface area contributed by atoms with Gasteiger partial charge in [-0.05, 0) is 50.5 Å². The lowest BCUT2D eigenvalue weighted by atomic mass is 10.1. The van der Waals surface area contributed by atoms with Crippen LogP contribution in [0.25, 0.3) is 11.0 Å². The molecule has 1 aliphatic heterocycles. The van der Waals surface area contributed by atoms with Gasteiger partial charge in [0.2, 0.25) is 10.0 Å². The van der Waals surface area contributed by atoms with Gasteiger partial charge in [-0.1, -0.05) is 30.7 Å². The molecule has 2 heterocycles. The predicted octanol–water partition coefficient (Wildman–Crippen LogP) is 4.48. The second-order valence-electron chi connectivity index (χ2n) is 7.45. The van der Waals surface area contributed by atoms with Crippen LogP contribution in [0.15, 0.2) is 51.8 Å². The van der Waals surface area contributed by atoms with Crippen LogP contribution in [0.2, 0.25) is 0 Å². The van der Waals surface area contributed by atoms with Crippen molar-refractivity contribution in [3.05, 3.63) is 59.4 Å². The zero-order valence-corrected chi connectivity index (χ0v) is 17.4. The quantitative estimate of drug-likeness (QED) is 0.685. The Morgan fingerprint density at radius 3 is 2.48 bits per heavy atom. The average molecular weight is 413 g/mol. The number of nitrogens with one attached hydrogen (secondary N) is 1. The SMILES string of the molecule is Cc1c(C(=O)Nc2cccc(S(=O)(=O)N3CCCCC3)c2)oc2c(C)cccc12. The predicted molar refractivity (Wildman–Crippen MR) is 113 cm³/mol. The van der Waals surface area contributed by atoms with Crippen LogP contribution in [-0.2, 0) is 10.0 Å². The van der Waals surface area contributed by atoms with Crippen molar-refractivity contribution in [1.82, 2.24) is 4.31 Å². The van der Waals surface area contributed by atoms with Crippen LogP contribution in [0.3, 0.4) is 0 Å². The van der Waals surface area contributed by atoms with Crippen molar-refractivity contribution < 1.29 is 17.6 Å². The molecular formula is C22H24N2O4S. The first-order valence-corrected chi connectivity index (χ1v) is 11.2. The number of carbonyl (C=O) groups excluding carboxylic acids is 1. The number of amides is 1. The lowest BCUT2D eigenvalue weighted by Crippen LogP contribution is -2.35. The summed E-state index contributed by atoms with van der Waals surface area (Å²) in [6, 6.07) is 12.2. The van der Waals surface area contributed by atoms with Crippen LogP contribution in [0, 0.1) is 13.8 Å². The molecule has 7 heteroatoms. The fraction of sp³-hybridized carbons (Fsp3) is 0.318. The number of carbonyl (C=O) groups is 1. The summed E-state index contributed by atoms with van der Waals surface area (Å²) in [6.45, 7) is 4.85. The minimum atomic E-state index is -3.56. The van der Waals surface area contributed by atoms with E-state index in [1.165, 1.54) is 10.4 Å². The number of fused-ring (bicyclic) bond motifs is 1. The summed E-state index contributed by atoms with van der Waals surface area (Å²) >= 11 is 0. The molecule has 3 aromatic rings. The highest BCUT2D eigenvalue weighted by Gasteiger charge is 2.26. The Kier molecular flexibility index (Phi) is 5.19. The van der Waals surface area contributed by atoms with Crippen molar-refractivity contribution in [1.29, 1.82) is 0 Å². The van der Waals surface area contributed by atoms with Crippen molar-refractivity contribution in [2.45, 2.75) is 38.0 Å². The maximum Gasteiger partial charge on any atom is 0.291 e. The molecule has 1 saturated heterocycles. The topological polar surface area (TPSA) is 79.6 Å². The Morgan fingerprint density at radius 1 is 1.03 bits per heavy atom. The minimum Gasteiger partial charge on any atom is -0.450 e. The molecule has 0 spiro atoms. The van der Waals surface area contributed by atoms with Gasteiger partial charge in [0.25, 0.3) is 5.91 Å². The van der Waals surface area contributed by atoms with Crippen LogP contribution in [0.4, 0.5) is 5.69 Å². The Morgan fingerprint density at radius 2 is 1.76 bits per heavy atom. The van der Waals surface area contributed by atoms with Gasteiger partial charge in [-0.15, -0.1) is 0 Å². The van der Waals surface area contributed by atoms with Gasteiger partial charge in [-0.3, -0.25) is 4.79 Å². The summed E-state index contributed by atoms with van der Waals surface area (Å²) in [6.07, 6.45) is 2.80. The summed E-state index contributed by atoms with van der Waals surface area (Å²) in [5.74, 6) is -0.163. The Labute approximate surface area is 170 Å². The number of sulfonamides is 1. The van der Waals surface area contributed by atoms with Crippen LogP contribution >= 0.6 is 0 Å². The molecule has 0 aliphatic carbocycles. The van der Waals surface area contributed by atoms with Crippen molar-refractivity contribution in [2.24, 2.45) is 0 Å². The van der Waals surface area contributed by atoms with Crippen LogP contribution in [-0.4, -0.2) is 31.7 Å². The smallest absolute Gasteiger partial charge is 0.291 e. The third-order valence-corrected chi connectivity index (χ3v) is 7.31. The highest BCUT2D eigenvalue weighted by atomic mass is 32.2. The standard InChI is InChI=1S/C22H24N2O4S/c1-15-8-6-11-19-16(2)21(28-20(15)19)22(25)23-17-9-7-10-18(14-17)29(26,27)24-12-4-3-5-13-24/h6-11,14H,3-5,12-13H2,1-2H3,(H,23,25). The summed E-state index contributed by atoms with van der Waals surface area (Å²) in [7, 11) is -3.56. The van der Waals surface area contributed by atoms with Crippen molar-refractivity contribution in [3.63, 3.8) is 0 Å². The van der Waals surface area contributed by atoms with E-state index in [-0.39, 0.29) is 10.7 Å². The summed E-state index contributed by atoms with van der Waals surface area (Å²) in [5.41, 5.74) is 2.83. The van der Waals surface area contributed by atoms with E-state index in [0.29, 0.717) is 24.4 Å². The molecule has 0 bridgehead atoms. The first kappa shape index (κ1) is 19.7. The Hall–Kier alpha value is -2.64. The molecule has 0 unspecified atom stereocenters. The highest BCUT2D eigenvalue weighted by Crippen LogP contribution is 2.29. The van der Waals surface area contributed by atoms with Crippen molar-refractivity contribution in [3.8, 4) is 0 Å². The largest absolute Gasteiger partial charge is 0.450 e. The van der Waals surface area contributed by atoms with Gasteiger partial charge in [0.05, 0.1) is 4.90 Å². The molecule has 1 amide bonds. The van der Waals surface area contributed by atoms with Gasteiger partial charge < -0.3 is 9.73 Å². The normalized spacial score (nSPS) is 15.5. The molecule has 6 nitrogen and oxygen atoms in total. The van der Waals surface area contributed by atoms with E-state index in [9.17, 15) is 13.2 Å². The van der Waals surface area contributed by atoms with Crippen LogP contribution < -0.4 is 5.32 Å². The summed E-state index contributed by atoms with van der Waals surface area (Å²) in [5, 5.41) is 3.68. The van der Waals surface area contributed by atoms with Crippen LogP contribution in [0.5, 0.6) is 0 Å². The monoisotopic (exact) mass is 412 g/mol. The van der Waals surface area contributed by atoms with E-state index in [2.05, 4.69) is 5.32 Å². The van der Waals surface area contributed by atoms with Gasteiger partial charge in [0.15, 0.2) is 5.76 Å². The number of furan rings is 1. The molecule has 1 aromatic heterocycles. The van der Waals surface area contributed by atoms with Crippen LogP contribution in [0.1, 0.15) is 40.9 Å². The maximum absolute atomic E-state index is 12.9. The molecule has 152 valence electrons. The van der Waals surface area contributed by atoms with E-state index in [4.69, 9.17) is 4.42 Å². The zero-order chi connectivity index (χ0) is 20.6. The van der Waals surface area contributed by atoms with E-state index in [0.717, 1.165) is 35.8 Å². The lowest BCUT2D eigenvalue weighted by molar-refractivity contribution is 0.0998. The van der Waals surface area contributed by atoms with E-state index >= 15 is 0 Å². The molecule has 2 aromatic carbocycles. The van der Waals surface area contributed by atoms with Gasteiger partial charge >= 0.3 is 0 Å². The van der Waals surface area contributed by atoms with Gasteiger partial charge in [0, 0.05) is 29.7 Å². The first-order valence-electron chi connectivity index (χ1n) is 9.78. The molecule has 29 heavy (non-hydrogen) atoms.